The molecule has 12 aromatic rings. The minimum atomic E-state index is -0.742. The van der Waals surface area contributed by atoms with Crippen LogP contribution in [0, 0.1) is 19.7 Å². The number of aryl methyl sites for hydroxylation is 2. The molecule has 0 amide bonds. The van der Waals surface area contributed by atoms with E-state index in [-0.39, 0.29) is 47.0 Å². The van der Waals surface area contributed by atoms with Crippen LogP contribution in [0.3, 0.4) is 0 Å². The van der Waals surface area contributed by atoms with Gasteiger partial charge in [-0.05, 0) is 132 Å². The molecule has 27 heteroatoms. The van der Waals surface area contributed by atoms with Gasteiger partial charge in [-0.15, -0.1) is 25.5 Å². The number of halogens is 2. The lowest BCUT2D eigenvalue weighted by atomic mass is 9.71. The zero-order chi connectivity index (χ0) is 89.5. The number of benzene rings is 9. The predicted octanol–water partition coefficient (Wildman–Crippen LogP) is 16.9. The van der Waals surface area contributed by atoms with Crippen molar-refractivity contribution in [2.24, 2.45) is 0 Å². The van der Waals surface area contributed by atoms with Crippen LogP contribution < -0.4 is 0 Å². The first-order chi connectivity index (χ1) is 62.2. The molecule has 3 aliphatic rings. The molecule has 24 nitrogen and oxygen atoms in total. The maximum absolute atomic E-state index is 12.1. The molecule has 6 heterocycles. The van der Waals surface area contributed by atoms with Crippen molar-refractivity contribution >= 4 is 61.9 Å². The lowest BCUT2D eigenvalue weighted by molar-refractivity contribution is -0.144. The van der Waals surface area contributed by atoms with Crippen molar-refractivity contribution in [2.45, 2.75) is 144 Å². The van der Waals surface area contributed by atoms with E-state index in [4.69, 9.17) is 35.6 Å². The van der Waals surface area contributed by atoms with Crippen molar-refractivity contribution in [3.05, 3.63) is 375 Å². The molecule has 3 aromatic heterocycles. The van der Waals surface area contributed by atoms with Gasteiger partial charge in [-0.3, -0.25) is 28.9 Å². The third-order valence-electron chi connectivity index (χ3n) is 24.4. The van der Waals surface area contributed by atoms with E-state index < -0.39 is 16.6 Å². The van der Waals surface area contributed by atoms with Crippen molar-refractivity contribution in [3.63, 3.8) is 0 Å². The van der Waals surface area contributed by atoms with E-state index in [1.165, 1.54) is 27.2 Å². The summed E-state index contributed by atoms with van der Waals surface area (Å²) in [5.74, 6) is 1.59. The Labute approximate surface area is 764 Å². The predicted molar refractivity (Wildman–Crippen MR) is 502 cm³/mol. The zero-order valence-corrected chi connectivity index (χ0v) is 75.7. The number of esters is 3. The molecule has 1 radical (unpaired) electrons. The zero-order valence-electron chi connectivity index (χ0n) is 73.0. The molecule has 3 fully saturated rings. The van der Waals surface area contributed by atoms with Gasteiger partial charge >= 0.3 is 17.9 Å². The molecule has 9 aromatic carbocycles. The van der Waals surface area contributed by atoms with E-state index >= 15 is 0 Å². The minimum Gasteiger partial charge on any atom is -0.466 e. The number of ether oxygens (including phenoxy) is 3. The molecule has 126 heavy (non-hydrogen) atoms. The van der Waals surface area contributed by atoms with Crippen LogP contribution >= 0.6 is 38.3 Å². The van der Waals surface area contributed by atoms with Crippen LogP contribution in [0.4, 0.5) is 0 Å². The fraction of sp³-hybridized carbons (Fsp3) is 0.364. The summed E-state index contributed by atoms with van der Waals surface area (Å²) in [5, 5.41) is 42.3. The molecule has 0 atom stereocenters. The van der Waals surface area contributed by atoms with Crippen molar-refractivity contribution in [3.8, 4) is 0 Å². The number of alkyl halides is 1. The van der Waals surface area contributed by atoms with Gasteiger partial charge in [-0.25, -0.2) is 24.4 Å². The molecule has 0 spiro atoms. The number of nitrogens with one attached hydrogen (secondary N) is 1. The van der Waals surface area contributed by atoms with Crippen LogP contribution in [0.15, 0.2) is 273 Å². The topological polar surface area (TPSA) is 243 Å². The van der Waals surface area contributed by atoms with E-state index in [9.17, 15) is 14.4 Å². The monoisotopic (exact) mass is 1860 g/mol. The number of hydrogen-bond acceptors (Lipinski definition) is 18. The van der Waals surface area contributed by atoms with E-state index in [1.807, 2.05) is 150 Å². The van der Waals surface area contributed by atoms with Gasteiger partial charge in [0.05, 0.1) is 68.4 Å². The summed E-state index contributed by atoms with van der Waals surface area (Å²) in [7, 11) is 0. The molecule has 3 aliphatic heterocycles. The number of hydrogen-bond donors (Lipinski definition) is 1. The molecule has 1 N–H and O–H groups in total. The fourth-order valence-corrected chi connectivity index (χ4v) is 17.9. The summed E-state index contributed by atoms with van der Waals surface area (Å²) >= 11 is 4.95. The van der Waals surface area contributed by atoms with E-state index in [2.05, 4.69) is 242 Å². The first-order valence-electron chi connectivity index (χ1n) is 43.7. The SMILES string of the molecule is CCOC(=O)CCBr.[2H][B]I.[C-]#[N+]C(CCN1CCC(c2ccccc2)(c2nn[nH]n2)CC1)(c1ccccc1)c1ccccc1.[C-]#[N+]C(CCN1CCC(c2ccccc2)(c2nnn(CCC(=O)OCC)n2)CC1)(c1ccccc1)c1ccccc1.[C-]#[N+]C(CCN1CCC(c2ccccc2)(c2nnnn2CCC(=O)OCC)CC1)(c1ccccc1)c1ccccc1. The fourth-order valence-electron chi connectivity index (χ4n) is 17.6. The highest BCUT2D eigenvalue weighted by molar-refractivity contribution is 14.1. The lowest BCUT2D eigenvalue weighted by Crippen LogP contribution is -2.46. The van der Waals surface area contributed by atoms with E-state index in [0.717, 1.165) is 149 Å². The first-order valence-corrected chi connectivity index (χ1v) is 45.5. The number of carbonyl (C=O) groups excluding carboxylic acids is 3. The normalized spacial score (nSPS) is 14.9. The summed E-state index contributed by atoms with van der Waals surface area (Å²) in [4.78, 5) is 56.0. The van der Waals surface area contributed by atoms with Gasteiger partial charge in [-0.1, -0.05) is 294 Å². The highest BCUT2D eigenvalue weighted by atomic mass is 127. The van der Waals surface area contributed by atoms with Gasteiger partial charge in [0.15, 0.2) is 23.1 Å². The number of H-pyrrole nitrogens is 1. The van der Waals surface area contributed by atoms with Crippen molar-refractivity contribution in [2.75, 3.05) is 84.1 Å². The molecule has 0 unspecified atom stereocenters. The van der Waals surface area contributed by atoms with Crippen LogP contribution in [0.1, 0.15) is 165 Å². The lowest BCUT2D eigenvalue weighted by Gasteiger charge is -2.41. The minimum absolute atomic E-state index is 0.135. The number of carbonyl (C=O) groups is 3. The van der Waals surface area contributed by atoms with Crippen LogP contribution in [0.25, 0.3) is 14.5 Å². The number of tetrazole rings is 3. The van der Waals surface area contributed by atoms with Crippen molar-refractivity contribution in [1.82, 2.24) is 75.7 Å². The average Bonchev–Trinajstić information content (AvgIpc) is 1.72. The third-order valence-corrected chi connectivity index (χ3v) is 24.8. The second-order valence-electron chi connectivity index (χ2n) is 31.3. The standard InChI is InChI=1S/2C33H36N6O2.C28H28N6.C5H9BrO2.BHI/c1-3-41-30(40)19-23-39-31(35-36-37-39)32(27-13-7-4-8-14-27)20-24-38(25-21-32)26-22-33(34-2,28-15-9-5-10-16-28)29-17-11-6-12-18-29;1-3-41-30(40)19-23-39-36-31(35-37-39)32(27-13-7-4-8-14-27)20-24-38(25-21-32)26-22-33(34-2,28-15-9-5-10-16-28)29-17-11-6-12-18-29;1-29-28(24-13-7-3-8-14-24,25-15-9-4-10-16-25)19-22-34-20-17-27(18-21-34,26-30-32-33-31-26)23-11-5-2-6-12-23;1-2-8-5(7)3-4-6;1-2/h2*4-18H,3,19-26H2,1H3;2-16H,17-22H2,(H,30,31,32,33);2-4H2,1H3;1H/i;;;;1D. The Morgan fingerprint density at radius 3 is 1.04 bits per heavy atom. The summed E-state index contributed by atoms with van der Waals surface area (Å²) in [5.41, 5.74) is 7.88. The van der Waals surface area contributed by atoms with Gasteiger partial charge < -0.3 is 28.9 Å². The Kier molecular flexibility index (Phi) is 35.6. The molecule has 3 saturated heterocycles. The molecule has 649 valence electrons. The number of piperidine rings is 3. The summed E-state index contributed by atoms with van der Waals surface area (Å²) < 4.78 is 22.6. The van der Waals surface area contributed by atoms with E-state index in [1.54, 1.807) is 25.5 Å². The summed E-state index contributed by atoms with van der Waals surface area (Å²) in [6.07, 6.45) is 8.20. The average molecular weight is 1870 g/mol. The van der Waals surface area contributed by atoms with Crippen LogP contribution in [-0.4, -0.2) is 185 Å². The summed E-state index contributed by atoms with van der Waals surface area (Å²) in [6.45, 7) is 39.9. The van der Waals surface area contributed by atoms with Crippen molar-refractivity contribution < 1.29 is 28.6 Å². The number of nitrogens with zero attached hydrogens (tertiary/aromatic N) is 17. The number of aromatic nitrogens is 12. The third kappa shape index (κ3) is 23.5. The van der Waals surface area contributed by atoms with Gasteiger partial charge in [0.1, 0.15) is 0 Å². The summed E-state index contributed by atoms with van der Waals surface area (Å²) in [6, 6.07) is 92.5. The Hall–Kier alpha value is -11.8. The van der Waals surface area contributed by atoms with Gasteiger partial charge in [0.2, 0.25) is 0 Å². The van der Waals surface area contributed by atoms with Crippen LogP contribution in [0.2, 0.25) is 0 Å². The molecule has 15 rings (SSSR count). The number of aromatic amines is 1. The Balaban J connectivity index is 0.000000175. The van der Waals surface area contributed by atoms with Gasteiger partial charge in [-0.2, -0.15) is 32.4 Å². The maximum atomic E-state index is 12.1. The number of rotatable bonds is 32. The maximum Gasteiger partial charge on any atom is 0.307 e. The molecule has 0 saturated carbocycles. The van der Waals surface area contributed by atoms with Crippen LogP contribution in [-0.2, 0) is 74.5 Å². The quantitative estimate of drug-likeness (QED) is 0.0103. The smallest absolute Gasteiger partial charge is 0.307 e. The molecule has 0 bridgehead atoms. The van der Waals surface area contributed by atoms with Gasteiger partial charge in [0, 0.05) is 77.6 Å². The molecule has 0 aliphatic carbocycles. The second-order valence-corrected chi connectivity index (χ2v) is 32.0. The van der Waals surface area contributed by atoms with Gasteiger partial charge in [0.25, 0.3) is 16.6 Å². The van der Waals surface area contributed by atoms with Crippen LogP contribution in [0.5, 0.6) is 0 Å². The Morgan fingerprint density at radius 2 is 0.730 bits per heavy atom. The van der Waals surface area contributed by atoms with Crippen molar-refractivity contribution in [1.29, 1.82) is 1.34 Å². The Morgan fingerprint density at radius 1 is 0.429 bits per heavy atom. The second kappa shape index (κ2) is 48.1. The molecular weight excluding hydrogens is 1750 g/mol. The number of likely N-dealkylation sites (tertiary alicyclic amines) is 3. The Bertz CT molecular complexity index is 5250. The first kappa shape index (κ1) is 93.4. The molecular formula is C99H110BBrIN18O6. The largest absolute Gasteiger partial charge is 0.466 e. The highest BCUT2D eigenvalue weighted by Gasteiger charge is 2.49. The van der Waals surface area contributed by atoms with E-state index in [0.29, 0.717) is 63.3 Å². The highest BCUT2D eigenvalue weighted by Crippen LogP contribution is 2.47.